The van der Waals surface area contributed by atoms with E-state index in [-0.39, 0.29) is 18.9 Å². The van der Waals surface area contributed by atoms with Gasteiger partial charge in [0.15, 0.2) is 11.6 Å². The molecule has 0 saturated carbocycles. The van der Waals surface area contributed by atoms with Crippen molar-refractivity contribution in [1.82, 2.24) is 9.97 Å². The van der Waals surface area contributed by atoms with Crippen LogP contribution in [0.4, 0.5) is 27.9 Å². The van der Waals surface area contributed by atoms with Crippen LogP contribution in [0, 0.1) is 11.6 Å². The van der Waals surface area contributed by atoms with E-state index < -0.39 is 35.7 Å². The van der Waals surface area contributed by atoms with Crippen LogP contribution in [0.15, 0.2) is 30.5 Å². The summed E-state index contributed by atoms with van der Waals surface area (Å²) in [6.07, 6.45) is -4.36. The first-order valence-corrected chi connectivity index (χ1v) is 7.05. The summed E-state index contributed by atoms with van der Waals surface area (Å²) in [6.45, 7) is -0.00896. The number of benzene rings is 1. The minimum atomic E-state index is -4.63. The fraction of sp³-hybridized carbons (Fsp3) is 0.333. The Bertz CT molecular complexity index is 752. The lowest BCUT2D eigenvalue weighted by molar-refractivity contribution is -0.141. The van der Waals surface area contributed by atoms with E-state index in [1.165, 1.54) is 11.0 Å². The van der Waals surface area contributed by atoms with Crippen LogP contribution in [-0.2, 0) is 6.18 Å². The molecule has 0 amide bonds. The molecule has 1 aromatic heterocycles. The van der Waals surface area contributed by atoms with Crippen LogP contribution >= 0.6 is 0 Å². The van der Waals surface area contributed by atoms with Crippen LogP contribution in [0.25, 0.3) is 0 Å². The van der Waals surface area contributed by atoms with Crippen LogP contribution in [-0.4, -0.2) is 27.7 Å². The summed E-state index contributed by atoms with van der Waals surface area (Å²) in [5, 5.41) is 9.86. The predicted molar refractivity (Wildman–Crippen MR) is 74.1 cm³/mol. The Morgan fingerprint density at radius 3 is 2.54 bits per heavy atom. The smallest absolute Gasteiger partial charge is 0.391 e. The minimum absolute atomic E-state index is 0.00896. The fourth-order valence-corrected chi connectivity index (χ4v) is 2.72. The van der Waals surface area contributed by atoms with Gasteiger partial charge in [0.1, 0.15) is 5.69 Å². The average molecular weight is 345 g/mol. The first-order valence-electron chi connectivity index (χ1n) is 7.05. The lowest BCUT2D eigenvalue weighted by atomic mass is 10.0. The molecule has 9 heteroatoms. The topological polar surface area (TPSA) is 49.2 Å². The predicted octanol–water partition coefficient (Wildman–Crippen LogP) is 3.09. The first kappa shape index (κ1) is 16.6. The molecule has 3 rings (SSSR count). The standard InChI is InChI=1S/C15H12F5N3O/c16-10-2-1-8(5-11(10)17)12-6-9(24)7-23(12)14-21-4-3-13(22-14)15(18,19)20/h1-5,9,12,24H,6-7H2. The Balaban J connectivity index is 1.98. The summed E-state index contributed by atoms with van der Waals surface area (Å²) in [7, 11) is 0. The van der Waals surface area contributed by atoms with Crippen molar-refractivity contribution in [2.75, 3.05) is 11.4 Å². The van der Waals surface area contributed by atoms with Crippen LogP contribution < -0.4 is 4.90 Å². The number of rotatable bonds is 2. The van der Waals surface area contributed by atoms with E-state index in [0.717, 1.165) is 24.4 Å². The van der Waals surface area contributed by atoms with E-state index in [2.05, 4.69) is 9.97 Å². The Hall–Kier alpha value is -2.29. The summed E-state index contributed by atoms with van der Waals surface area (Å²) in [5.41, 5.74) is -0.788. The first-order chi connectivity index (χ1) is 11.3. The minimum Gasteiger partial charge on any atom is -0.391 e. The van der Waals surface area contributed by atoms with E-state index in [0.29, 0.717) is 5.56 Å². The summed E-state index contributed by atoms with van der Waals surface area (Å²) >= 11 is 0. The van der Waals surface area contributed by atoms with Crippen molar-refractivity contribution in [1.29, 1.82) is 0 Å². The van der Waals surface area contributed by atoms with Gasteiger partial charge in [-0.1, -0.05) is 6.07 Å². The van der Waals surface area contributed by atoms with Gasteiger partial charge < -0.3 is 10.0 Å². The number of β-amino-alcohol motifs (C(OH)–C–C–N with tert-alkyl or cyclic N) is 1. The van der Waals surface area contributed by atoms with Crippen LogP contribution in [0.1, 0.15) is 23.7 Å². The molecule has 2 unspecified atom stereocenters. The van der Waals surface area contributed by atoms with Crippen LogP contribution in [0.5, 0.6) is 0 Å². The van der Waals surface area contributed by atoms with Gasteiger partial charge in [-0.05, 0) is 30.2 Å². The van der Waals surface area contributed by atoms with E-state index in [1.54, 1.807) is 0 Å². The molecule has 128 valence electrons. The van der Waals surface area contributed by atoms with E-state index in [4.69, 9.17) is 0 Å². The number of alkyl halides is 3. The molecule has 0 aliphatic carbocycles. The lowest BCUT2D eigenvalue weighted by Gasteiger charge is -2.25. The molecular formula is C15H12F5N3O. The van der Waals surface area contributed by atoms with Gasteiger partial charge in [0.25, 0.3) is 0 Å². The Labute approximate surface area is 133 Å². The molecule has 1 N–H and O–H groups in total. The number of nitrogens with zero attached hydrogens (tertiary/aromatic N) is 3. The Kier molecular flexibility index (Phi) is 4.12. The van der Waals surface area contributed by atoms with Crippen molar-refractivity contribution in [3.05, 3.63) is 53.4 Å². The normalized spacial score (nSPS) is 21.3. The van der Waals surface area contributed by atoms with Gasteiger partial charge in [0.2, 0.25) is 5.95 Å². The van der Waals surface area contributed by atoms with Gasteiger partial charge in [0.05, 0.1) is 12.1 Å². The van der Waals surface area contributed by atoms with Crippen molar-refractivity contribution >= 4 is 5.95 Å². The van der Waals surface area contributed by atoms with Crippen LogP contribution in [0.2, 0.25) is 0 Å². The maximum atomic E-state index is 13.4. The van der Waals surface area contributed by atoms with Crippen molar-refractivity contribution in [3.8, 4) is 0 Å². The number of hydrogen-bond donors (Lipinski definition) is 1. The quantitative estimate of drug-likeness (QED) is 0.850. The molecule has 0 radical (unpaired) electrons. The highest BCUT2D eigenvalue weighted by atomic mass is 19.4. The zero-order valence-electron chi connectivity index (χ0n) is 12.1. The molecule has 4 nitrogen and oxygen atoms in total. The fourth-order valence-electron chi connectivity index (χ4n) is 2.72. The van der Waals surface area contributed by atoms with Crippen LogP contribution in [0.3, 0.4) is 0 Å². The second-order valence-electron chi connectivity index (χ2n) is 5.47. The number of hydrogen-bond acceptors (Lipinski definition) is 4. The van der Waals surface area contributed by atoms with E-state index in [1.807, 2.05) is 0 Å². The average Bonchev–Trinajstić information content (AvgIpc) is 2.91. The second-order valence-corrected chi connectivity index (χ2v) is 5.47. The third kappa shape index (κ3) is 3.16. The van der Waals surface area contributed by atoms with Crippen molar-refractivity contribution in [2.24, 2.45) is 0 Å². The van der Waals surface area contributed by atoms with Gasteiger partial charge in [-0.2, -0.15) is 13.2 Å². The SMILES string of the molecule is OC1CC(c2ccc(F)c(F)c2)N(c2nccc(C(F)(F)F)n2)C1. The molecule has 2 atom stereocenters. The Morgan fingerprint density at radius 2 is 1.88 bits per heavy atom. The number of anilines is 1. The Morgan fingerprint density at radius 1 is 1.12 bits per heavy atom. The summed E-state index contributed by atoms with van der Waals surface area (Å²) in [4.78, 5) is 8.66. The molecule has 2 heterocycles. The molecular weight excluding hydrogens is 333 g/mol. The zero-order valence-corrected chi connectivity index (χ0v) is 12.1. The van der Waals surface area contributed by atoms with Crippen molar-refractivity contribution in [2.45, 2.75) is 24.7 Å². The van der Waals surface area contributed by atoms with E-state index in [9.17, 15) is 27.1 Å². The lowest BCUT2D eigenvalue weighted by Crippen LogP contribution is -2.27. The maximum Gasteiger partial charge on any atom is 0.433 e. The number of aromatic nitrogens is 2. The molecule has 1 saturated heterocycles. The monoisotopic (exact) mass is 345 g/mol. The second kappa shape index (κ2) is 5.97. The molecule has 0 spiro atoms. The summed E-state index contributed by atoms with van der Waals surface area (Å²) < 4.78 is 64.9. The van der Waals surface area contributed by atoms with Crippen molar-refractivity contribution in [3.63, 3.8) is 0 Å². The third-order valence-electron chi connectivity index (χ3n) is 3.80. The molecule has 1 aliphatic rings. The summed E-state index contributed by atoms with van der Waals surface area (Å²) in [6, 6.07) is 3.29. The largest absolute Gasteiger partial charge is 0.433 e. The van der Waals surface area contributed by atoms with Gasteiger partial charge in [-0.25, -0.2) is 18.7 Å². The number of aliphatic hydroxyl groups is 1. The van der Waals surface area contributed by atoms with E-state index >= 15 is 0 Å². The number of halogens is 5. The number of aliphatic hydroxyl groups excluding tert-OH is 1. The molecule has 1 fully saturated rings. The highest BCUT2D eigenvalue weighted by Crippen LogP contribution is 2.36. The molecule has 24 heavy (non-hydrogen) atoms. The highest BCUT2D eigenvalue weighted by molar-refractivity contribution is 5.40. The molecule has 0 bridgehead atoms. The van der Waals surface area contributed by atoms with Gasteiger partial charge in [-0.3, -0.25) is 0 Å². The van der Waals surface area contributed by atoms with Crippen molar-refractivity contribution < 1.29 is 27.1 Å². The highest BCUT2D eigenvalue weighted by Gasteiger charge is 2.37. The third-order valence-corrected chi connectivity index (χ3v) is 3.80. The van der Waals surface area contributed by atoms with Gasteiger partial charge in [0, 0.05) is 12.7 Å². The molecule has 1 aromatic carbocycles. The molecule has 2 aromatic rings. The summed E-state index contributed by atoms with van der Waals surface area (Å²) in [5.74, 6) is -2.32. The maximum absolute atomic E-state index is 13.4. The van der Waals surface area contributed by atoms with Gasteiger partial charge in [-0.15, -0.1) is 0 Å². The zero-order chi connectivity index (χ0) is 17.5. The van der Waals surface area contributed by atoms with Gasteiger partial charge >= 0.3 is 6.18 Å². The molecule has 1 aliphatic heterocycles.